The number of hydrogen-bond acceptors (Lipinski definition) is 2. The lowest BCUT2D eigenvalue weighted by molar-refractivity contribution is 0.0953. The zero-order valence-electron chi connectivity index (χ0n) is 15.5. The van der Waals surface area contributed by atoms with E-state index in [1.807, 2.05) is 36.4 Å². The van der Waals surface area contributed by atoms with Gasteiger partial charge in [0, 0.05) is 30.2 Å². The third-order valence-corrected chi connectivity index (χ3v) is 4.39. The van der Waals surface area contributed by atoms with Crippen LogP contribution in [0.25, 0.3) is 0 Å². The zero-order valence-corrected chi connectivity index (χ0v) is 19.5. The first-order valence-electron chi connectivity index (χ1n) is 8.66. The van der Waals surface area contributed by atoms with Gasteiger partial charge in [-0.2, -0.15) is 0 Å². The Kier molecular flexibility index (Phi) is 11.0. The first-order valence-corrected chi connectivity index (χ1v) is 9.45. The molecule has 0 aromatic heterocycles. The third kappa shape index (κ3) is 8.30. The second kappa shape index (κ2) is 12.7. The van der Waals surface area contributed by atoms with Gasteiger partial charge in [0.2, 0.25) is 0 Å². The number of aliphatic imine (C=N–C) groups is 1. The van der Waals surface area contributed by atoms with Crippen LogP contribution in [0, 0.1) is 0 Å². The monoisotopic (exact) mass is 544 g/mol. The number of nitrogens with one attached hydrogen (secondary N) is 3. The molecule has 0 bridgehead atoms. The van der Waals surface area contributed by atoms with E-state index in [0.717, 1.165) is 23.4 Å². The van der Waals surface area contributed by atoms with Crippen LogP contribution >= 0.6 is 39.9 Å². The van der Waals surface area contributed by atoms with Gasteiger partial charge in [-0.1, -0.05) is 52.3 Å². The maximum Gasteiger partial charge on any atom is 0.251 e. The molecule has 27 heavy (non-hydrogen) atoms. The molecule has 0 saturated carbocycles. The van der Waals surface area contributed by atoms with E-state index in [1.165, 1.54) is 5.56 Å². The van der Waals surface area contributed by atoms with Crippen LogP contribution in [0.4, 0.5) is 0 Å². The minimum Gasteiger partial charge on any atom is -0.356 e. The van der Waals surface area contributed by atoms with Crippen LogP contribution in [0.2, 0.25) is 0 Å². The van der Waals surface area contributed by atoms with Gasteiger partial charge in [0.25, 0.3) is 5.91 Å². The van der Waals surface area contributed by atoms with E-state index in [1.54, 1.807) is 13.1 Å². The van der Waals surface area contributed by atoms with E-state index in [4.69, 9.17) is 0 Å². The molecule has 2 aromatic rings. The lowest BCUT2D eigenvalue weighted by atomic mass is 10.1. The molecule has 0 aliphatic rings. The summed E-state index contributed by atoms with van der Waals surface area (Å²) in [6.45, 7) is 3.42. The van der Waals surface area contributed by atoms with Crippen molar-refractivity contribution < 1.29 is 4.79 Å². The zero-order chi connectivity index (χ0) is 18.8. The van der Waals surface area contributed by atoms with Crippen LogP contribution in [-0.2, 0) is 0 Å². The standard InChI is InChI=1S/C20H25BrN4O.HI/c1-15(16-8-4-3-5-9-16)25-20(22-2)24-13-7-12-23-19(26)17-10-6-11-18(21)14-17;/h3-6,8-11,14-15H,7,12-13H2,1-2H3,(H,23,26)(H2,22,24,25);1H. The molecular formula is C20H26BrIN4O. The molecule has 1 atom stereocenters. The largest absolute Gasteiger partial charge is 0.356 e. The van der Waals surface area contributed by atoms with E-state index in [2.05, 4.69) is 55.9 Å². The molecular weight excluding hydrogens is 519 g/mol. The predicted octanol–water partition coefficient (Wildman–Crippen LogP) is 4.11. The molecule has 0 spiro atoms. The number of halogens is 2. The van der Waals surface area contributed by atoms with Crippen molar-refractivity contribution >= 4 is 51.8 Å². The number of benzene rings is 2. The molecule has 146 valence electrons. The Balaban J connectivity index is 0.00000364. The van der Waals surface area contributed by atoms with Gasteiger partial charge in [0.1, 0.15) is 0 Å². The van der Waals surface area contributed by atoms with E-state index >= 15 is 0 Å². The number of rotatable bonds is 7. The first kappa shape index (κ1) is 23.4. The molecule has 3 N–H and O–H groups in total. The Hall–Kier alpha value is -1.61. The van der Waals surface area contributed by atoms with E-state index in [0.29, 0.717) is 12.1 Å². The van der Waals surface area contributed by atoms with Crippen LogP contribution in [0.1, 0.15) is 35.3 Å². The summed E-state index contributed by atoms with van der Waals surface area (Å²) >= 11 is 3.37. The summed E-state index contributed by atoms with van der Waals surface area (Å²) in [6.07, 6.45) is 0.806. The molecule has 1 unspecified atom stereocenters. The van der Waals surface area contributed by atoms with Crippen LogP contribution in [-0.4, -0.2) is 32.0 Å². The van der Waals surface area contributed by atoms with E-state index < -0.39 is 0 Å². The summed E-state index contributed by atoms with van der Waals surface area (Å²) in [5.41, 5.74) is 1.86. The lowest BCUT2D eigenvalue weighted by Crippen LogP contribution is -2.40. The lowest BCUT2D eigenvalue weighted by Gasteiger charge is -2.18. The number of nitrogens with zero attached hydrogens (tertiary/aromatic N) is 1. The normalized spacial score (nSPS) is 11.9. The topological polar surface area (TPSA) is 65.5 Å². The first-order chi connectivity index (χ1) is 12.6. The van der Waals surface area contributed by atoms with E-state index in [9.17, 15) is 4.79 Å². The Labute approximate surface area is 186 Å². The molecule has 5 nitrogen and oxygen atoms in total. The van der Waals surface area contributed by atoms with Crippen LogP contribution in [0.15, 0.2) is 64.1 Å². The molecule has 1 amide bonds. The van der Waals surface area contributed by atoms with Gasteiger partial charge in [0.05, 0.1) is 6.04 Å². The Morgan fingerprint density at radius 2 is 1.78 bits per heavy atom. The highest BCUT2D eigenvalue weighted by Crippen LogP contribution is 2.11. The summed E-state index contributed by atoms with van der Waals surface area (Å²) in [6, 6.07) is 17.8. The molecule has 0 aliphatic heterocycles. The molecule has 0 aliphatic carbocycles. The second-order valence-corrected chi connectivity index (χ2v) is 6.81. The number of carbonyl (C=O) groups is 1. The minimum atomic E-state index is -0.0634. The van der Waals surface area contributed by atoms with Crippen molar-refractivity contribution in [2.45, 2.75) is 19.4 Å². The fourth-order valence-electron chi connectivity index (χ4n) is 2.45. The average Bonchev–Trinajstić information content (AvgIpc) is 2.67. The number of carbonyl (C=O) groups excluding carboxylic acids is 1. The quantitative estimate of drug-likeness (QED) is 0.213. The highest BCUT2D eigenvalue weighted by molar-refractivity contribution is 14.0. The Morgan fingerprint density at radius 3 is 2.44 bits per heavy atom. The maximum atomic E-state index is 12.1. The number of hydrogen-bond donors (Lipinski definition) is 3. The summed E-state index contributed by atoms with van der Waals surface area (Å²) in [4.78, 5) is 16.3. The average molecular weight is 545 g/mol. The van der Waals surface area contributed by atoms with Crippen molar-refractivity contribution in [2.75, 3.05) is 20.1 Å². The summed E-state index contributed by atoms with van der Waals surface area (Å²) in [5.74, 6) is 0.686. The molecule has 2 rings (SSSR count). The van der Waals surface area contributed by atoms with Crippen molar-refractivity contribution in [1.82, 2.24) is 16.0 Å². The van der Waals surface area contributed by atoms with Crippen LogP contribution < -0.4 is 16.0 Å². The summed E-state index contributed by atoms with van der Waals surface area (Å²) in [7, 11) is 1.75. The van der Waals surface area contributed by atoms with Crippen LogP contribution in [0.3, 0.4) is 0 Å². The SMILES string of the molecule is CN=C(NCCCNC(=O)c1cccc(Br)c1)NC(C)c1ccccc1.I. The van der Waals surface area contributed by atoms with Gasteiger partial charge < -0.3 is 16.0 Å². The Bertz CT molecular complexity index is 740. The van der Waals surface area contributed by atoms with Gasteiger partial charge in [-0.15, -0.1) is 24.0 Å². The number of amides is 1. The van der Waals surface area contributed by atoms with Gasteiger partial charge in [-0.25, -0.2) is 0 Å². The molecule has 2 aromatic carbocycles. The smallest absolute Gasteiger partial charge is 0.251 e. The Morgan fingerprint density at radius 1 is 1.07 bits per heavy atom. The van der Waals surface area contributed by atoms with Crippen molar-refractivity contribution in [3.05, 3.63) is 70.2 Å². The minimum absolute atomic E-state index is 0. The predicted molar refractivity (Wildman–Crippen MR) is 126 cm³/mol. The van der Waals surface area contributed by atoms with Gasteiger partial charge in [-0.05, 0) is 37.1 Å². The van der Waals surface area contributed by atoms with Crippen molar-refractivity contribution in [1.29, 1.82) is 0 Å². The maximum absolute atomic E-state index is 12.1. The molecule has 0 radical (unpaired) electrons. The molecule has 7 heteroatoms. The van der Waals surface area contributed by atoms with Gasteiger partial charge >= 0.3 is 0 Å². The fraction of sp³-hybridized carbons (Fsp3) is 0.300. The van der Waals surface area contributed by atoms with Crippen LogP contribution in [0.5, 0.6) is 0 Å². The van der Waals surface area contributed by atoms with Crippen molar-refractivity contribution in [3.8, 4) is 0 Å². The van der Waals surface area contributed by atoms with Crippen molar-refractivity contribution in [2.24, 2.45) is 4.99 Å². The number of guanidine groups is 1. The summed E-state index contributed by atoms with van der Waals surface area (Å²) < 4.78 is 0.897. The summed E-state index contributed by atoms with van der Waals surface area (Å²) in [5, 5.41) is 9.56. The molecule has 0 heterocycles. The van der Waals surface area contributed by atoms with Crippen molar-refractivity contribution in [3.63, 3.8) is 0 Å². The third-order valence-electron chi connectivity index (χ3n) is 3.89. The van der Waals surface area contributed by atoms with Gasteiger partial charge in [-0.3, -0.25) is 9.79 Å². The van der Waals surface area contributed by atoms with E-state index in [-0.39, 0.29) is 35.9 Å². The molecule has 0 saturated heterocycles. The fourth-order valence-corrected chi connectivity index (χ4v) is 2.85. The molecule has 0 fully saturated rings. The highest BCUT2D eigenvalue weighted by Gasteiger charge is 2.07. The second-order valence-electron chi connectivity index (χ2n) is 5.90. The van der Waals surface area contributed by atoms with Gasteiger partial charge in [0.15, 0.2) is 5.96 Å². The highest BCUT2D eigenvalue weighted by atomic mass is 127.